The average molecular weight is 327 g/mol. The maximum absolute atomic E-state index is 12.7. The molecule has 1 amide bonds. The van der Waals surface area contributed by atoms with Crippen molar-refractivity contribution in [1.29, 1.82) is 0 Å². The van der Waals surface area contributed by atoms with E-state index in [9.17, 15) is 9.59 Å². The van der Waals surface area contributed by atoms with Crippen molar-refractivity contribution in [2.45, 2.75) is 31.8 Å². The minimum atomic E-state index is -0.906. The van der Waals surface area contributed by atoms with Gasteiger partial charge in [0.05, 0.1) is 6.54 Å². The van der Waals surface area contributed by atoms with Crippen molar-refractivity contribution in [2.24, 2.45) is 0 Å². The van der Waals surface area contributed by atoms with Crippen molar-refractivity contribution in [1.82, 2.24) is 14.7 Å². The van der Waals surface area contributed by atoms with Crippen molar-refractivity contribution in [3.8, 4) is 0 Å². The van der Waals surface area contributed by atoms with Gasteiger partial charge in [-0.3, -0.25) is 9.48 Å². The number of nitrogens with zero attached hydrogens (tertiary/aromatic N) is 3. The lowest BCUT2D eigenvalue weighted by molar-refractivity contribution is -0.154. The predicted molar refractivity (Wildman–Crippen MR) is 88.3 cm³/mol. The number of benzene rings is 1. The van der Waals surface area contributed by atoms with Crippen molar-refractivity contribution in [2.75, 3.05) is 13.2 Å². The molecule has 1 unspecified atom stereocenters. The maximum Gasteiger partial charge on any atom is 0.331 e. The van der Waals surface area contributed by atoms with E-state index in [4.69, 9.17) is 4.74 Å². The number of carbonyl (C=O) groups excluding carboxylic acids is 2. The third-order valence-electron chi connectivity index (χ3n) is 4.46. The highest BCUT2D eigenvalue weighted by atomic mass is 16.5. The fourth-order valence-electron chi connectivity index (χ4n) is 3.06. The van der Waals surface area contributed by atoms with E-state index < -0.39 is 5.54 Å². The Bertz CT molecular complexity index is 700. The molecule has 1 aliphatic heterocycles. The minimum Gasteiger partial charge on any atom is -0.462 e. The summed E-state index contributed by atoms with van der Waals surface area (Å²) < 4.78 is 7.13. The average Bonchev–Trinajstić information content (AvgIpc) is 3.25. The molecule has 3 rings (SSSR count). The summed E-state index contributed by atoms with van der Waals surface area (Å²) >= 11 is 0. The summed E-state index contributed by atoms with van der Waals surface area (Å²) in [5.41, 5.74) is -0.313. The van der Waals surface area contributed by atoms with E-state index in [1.165, 1.54) is 0 Å². The van der Waals surface area contributed by atoms with Gasteiger partial charge in [0.2, 0.25) is 0 Å². The molecule has 0 aliphatic carbocycles. The number of aromatic nitrogens is 2. The summed E-state index contributed by atoms with van der Waals surface area (Å²) in [5, 5.41) is 4.07. The van der Waals surface area contributed by atoms with Crippen LogP contribution < -0.4 is 0 Å². The van der Waals surface area contributed by atoms with Gasteiger partial charge in [0, 0.05) is 24.5 Å². The first-order valence-corrected chi connectivity index (χ1v) is 8.13. The third-order valence-corrected chi connectivity index (χ3v) is 4.46. The molecule has 1 atom stereocenters. The lowest BCUT2D eigenvalue weighted by Crippen LogP contribution is -2.51. The smallest absolute Gasteiger partial charge is 0.331 e. The number of carbonyl (C=O) groups is 2. The number of amides is 1. The standard InChI is InChI=1S/C18H21N3O3/c1-18(17(23)24-14-13-20-11-6-10-19-20)9-5-12-21(18)16(22)15-7-3-2-4-8-15/h2-4,6-8,10-11H,5,9,12-14H2,1H3. The van der Waals surface area contributed by atoms with Crippen molar-refractivity contribution >= 4 is 11.9 Å². The van der Waals surface area contributed by atoms with Crippen LogP contribution in [0.1, 0.15) is 30.1 Å². The summed E-state index contributed by atoms with van der Waals surface area (Å²) in [6, 6.07) is 10.9. The van der Waals surface area contributed by atoms with E-state index in [1.807, 2.05) is 30.5 Å². The van der Waals surface area contributed by atoms with Gasteiger partial charge in [-0.2, -0.15) is 5.10 Å². The molecule has 24 heavy (non-hydrogen) atoms. The SMILES string of the molecule is CC1(C(=O)OCCn2cccn2)CCCN1C(=O)c1ccccc1. The van der Waals surface area contributed by atoms with Crippen molar-refractivity contribution in [3.05, 3.63) is 54.4 Å². The second-order valence-corrected chi connectivity index (χ2v) is 6.11. The molecule has 1 aromatic carbocycles. The molecule has 0 spiro atoms. The molecule has 1 aliphatic rings. The van der Waals surface area contributed by atoms with Crippen LogP contribution in [0.25, 0.3) is 0 Å². The van der Waals surface area contributed by atoms with Crippen LogP contribution in [-0.2, 0) is 16.1 Å². The first-order chi connectivity index (χ1) is 11.6. The second kappa shape index (κ2) is 6.86. The molecule has 1 fully saturated rings. The molecule has 0 N–H and O–H groups in total. The van der Waals surface area contributed by atoms with Gasteiger partial charge in [-0.1, -0.05) is 18.2 Å². The van der Waals surface area contributed by atoms with Gasteiger partial charge in [0.1, 0.15) is 12.1 Å². The highest BCUT2D eigenvalue weighted by Gasteiger charge is 2.47. The Hall–Kier alpha value is -2.63. The molecule has 1 saturated heterocycles. The number of likely N-dealkylation sites (tertiary alicyclic amines) is 1. The van der Waals surface area contributed by atoms with Gasteiger partial charge in [-0.15, -0.1) is 0 Å². The number of hydrogen-bond acceptors (Lipinski definition) is 4. The van der Waals surface area contributed by atoms with Gasteiger partial charge in [-0.25, -0.2) is 4.79 Å². The van der Waals surface area contributed by atoms with Gasteiger partial charge in [0.15, 0.2) is 0 Å². The molecular formula is C18H21N3O3. The first-order valence-electron chi connectivity index (χ1n) is 8.13. The Labute approximate surface area is 141 Å². The third kappa shape index (κ3) is 3.18. The first kappa shape index (κ1) is 16.2. The van der Waals surface area contributed by atoms with E-state index in [2.05, 4.69) is 5.10 Å². The lowest BCUT2D eigenvalue weighted by atomic mass is 9.98. The summed E-state index contributed by atoms with van der Waals surface area (Å²) in [4.78, 5) is 27.0. The molecule has 2 aromatic rings. The molecule has 6 heteroatoms. The van der Waals surface area contributed by atoms with Crippen LogP contribution in [0.2, 0.25) is 0 Å². The minimum absolute atomic E-state index is 0.125. The zero-order valence-electron chi connectivity index (χ0n) is 13.7. The Kier molecular flexibility index (Phi) is 4.64. The highest BCUT2D eigenvalue weighted by molar-refractivity contribution is 5.98. The van der Waals surface area contributed by atoms with Gasteiger partial charge in [-0.05, 0) is 38.0 Å². The predicted octanol–water partition coefficient (Wildman–Crippen LogP) is 2.12. The van der Waals surface area contributed by atoms with Gasteiger partial charge >= 0.3 is 5.97 Å². The maximum atomic E-state index is 12.7. The molecule has 1 aromatic heterocycles. The van der Waals surface area contributed by atoms with Gasteiger partial charge in [0.25, 0.3) is 5.91 Å². The van der Waals surface area contributed by atoms with E-state index in [-0.39, 0.29) is 18.5 Å². The fraction of sp³-hybridized carbons (Fsp3) is 0.389. The van der Waals surface area contributed by atoms with Crippen LogP contribution >= 0.6 is 0 Å². The summed E-state index contributed by atoms with van der Waals surface area (Å²) in [6.07, 6.45) is 4.91. The molecule has 0 radical (unpaired) electrons. The quantitative estimate of drug-likeness (QED) is 0.789. The summed E-state index contributed by atoms with van der Waals surface area (Å²) in [7, 11) is 0. The second-order valence-electron chi connectivity index (χ2n) is 6.11. The topological polar surface area (TPSA) is 64.4 Å². The summed E-state index contributed by atoms with van der Waals surface area (Å²) in [6.45, 7) is 3.10. The zero-order valence-corrected chi connectivity index (χ0v) is 13.7. The van der Waals surface area contributed by atoms with Crippen LogP contribution in [0.15, 0.2) is 48.8 Å². The highest BCUT2D eigenvalue weighted by Crippen LogP contribution is 2.31. The van der Waals surface area contributed by atoms with Crippen LogP contribution in [0.4, 0.5) is 0 Å². The molecule has 126 valence electrons. The molecule has 6 nitrogen and oxygen atoms in total. The number of rotatable bonds is 5. The van der Waals surface area contributed by atoms with E-state index in [1.54, 1.807) is 34.8 Å². The van der Waals surface area contributed by atoms with Crippen LogP contribution in [-0.4, -0.2) is 45.2 Å². The lowest BCUT2D eigenvalue weighted by Gasteiger charge is -2.33. The molecule has 2 heterocycles. The molecular weight excluding hydrogens is 306 g/mol. The normalized spacial score (nSPS) is 20.1. The van der Waals surface area contributed by atoms with E-state index >= 15 is 0 Å². The van der Waals surface area contributed by atoms with Crippen molar-refractivity contribution in [3.63, 3.8) is 0 Å². The van der Waals surface area contributed by atoms with Gasteiger partial charge < -0.3 is 9.64 Å². The monoisotopic (exact) mass is 327 g/mol. The number of ether oxygens (including phenoxy) is 1. The number of hydrogen-bond donors (Lipinski definition) is 0. The Balaban J connectivity index is 1.65. The fourth-order valence-corrected chi connectivity index (χ4v) is 3.06. The Morgan fingerprint density at radius 2 is 2.04 bits per heavy atom. The Morgan fingerprint density at radius 3 is 2.75 bits per heavy atom. The van der Waals surface area contributed by atoms with Crippen molar-refractivity contribution < 1.29 is 14.3 Å². The van der Waals surface area contributed by atoms with Crippen LogP contribution in [0.5, 0.6) is 0 Å². The molecule has 0 bridgehead atoms. The van der Waals surface area contributed by atoms with E-state index in [0.29, 0.717) is 25.1 Å². The Morgan fingerprint density at radius 1 is 1.25 bits per heavy atom. The summed E-state index contributed by atoms with van der Waals surface area (Å²) in [5.74, 6) is -0.476. The van der Waals surface area contributed by atoms with E-state index in [0.717, 1.165) is 6.42 Å². The zero-order chi connectivity index (χ0) is 17.0. The molecule has 0 saturated carbocycles. The van der Waals surface area contributed by atoms with Crippen LogP contribution in [0, 0.1) is 0 Å². The number of esters is 1. The van der Waals surface area contributed by atoms with Crippen LogP contribution in [0.3, 0.4) is 0 Å². The largest absolute Gasteiger partial charge is 0.462 e.